The van der Waals surface area contributed by atoms with E-state index in [1.165, 1.54) is 18.2 Å². The van der Waals surface area contributed by atoms with Gasteiger partial charge in [-0.1, -0.05) is 0 Å². The predicted octanol–water partition coefficient (Wildman–Crippen LogP) is 5.28. The van der Waals surface area contributed by atoms with E-state index in [-0.39, 0.29) is 16.5 Å². The van der Waals surface area contributed by atoms with Crippen molar-refractivity contribution in [3.63, 3.8) is 0 Å². The third-order valence-electron chi connectivity index (χ3n) is 3.41. The number of anilines is 2. The molecule has 0 aromatic heterocycles. The second-order valence-electron chi connectivity index (χ2n) is 5.32. The van der Waals surface area contributed by atoms with Crippen molar-refractivity contribution in [3.05, 3.63) is 58.7 Å². The third-order valence-corrected chi connectivity index (χ3v) is 3.61. The van der Waals surface area contributed by atoms with Crippen LogP contribution in [0.1, 0.15) is 22.3 Å². The molecule has 0 aliphatic carbocycles. The molecule has 2 N–H and O–H groups in total. The lowest BCUT2D eigenvalue weighted by Crippen LogP contribution is -2.20. The molecule has 0 aliphatic heterocycles. The summed E-state index contributed by atoms with van der Waals surface area (Å²) in [6, 6.07) is 8.31. The second kappa shape index (κ2) is 7.74. The van der Waals surface area contributed by atoms with Crippen molar-refractivity contribution >= 4 is 28.7 Å². The van der Waals surface area contributed by atoms with Gasteiger partial charge in [-0.25, -0.2) is 0 Å². The summed E-state index contributed by atoms with van der Waals surface area (Å²) >= 11 is 4.93. The van der Waals surface area contributed by atoms with Gasteiger partial charge in [-0.05, 0) is 48.6 Å². The number of hydrogen-bond acceptors (Lipinski definition) is 3. The maximum absolute atomic E-state index is 13.0. The number of nitrogens with zero attached hydrogens (tertiary/aromatic N) is 2. The first-order valence-corrected chi connectivity index (χ1v) is 7.67. The highest BCUT2D eigenvalue weighted by molar-refractivity contribution is 7.80. The van der Waals surface area contributed by atoms with Gasteiger partial charge < -0.3 is 10.6 Å². The van der Waals surface area contributed by atoms with E-state index in [0.29, 0.717) is 12.1 Å². The van der Waals surface area contributed by atoms with Crippen LogP contribution in [0.5, 0.6) is 0 Å². The normalized spacial score (nSPS) is 11.3. The van der Waals surface area contributed by atoms with Crippen LogP contribution in [0.4, 0.5) is 37.7 Å². The van der Waals surface area contributed by atoms with Crippen molar-refractivity contribution in [1.82, 2.24) is 0 Å². The lowest BCUT2D eigenvalue weighted by molar-refractivity contribution is -0.138. The van der Waals surface area contributed by atoms with Crippen LogP contribution in [0.3, 0.4) is 0 Å². The largest absolute Gasteiger partial charge is 0.417 e. The van der Waals surface area contributed by atoms with Gasteiger partial charge in [-0.3, -0.25) is 0 Å². The molecule has 28 heavy (non-hydrogen) atoms. The van der Waals surface area contributed by atoms with E-state index in [9.17, 15) is 26.3 Å². The van der Waals surface area contributed by atoms with Crippen LogP contribution in [0.15, 0.2) is 36.4 Å². The molecule has 0 saturated carbocycles. The van der Waals surface area contributed by atoms with Gasteiger partial charge in [0, 0.05) is 11.4 Å². The van der Waals surface area contributed by atoms with Crippen molar-refractivity contribution in [1.29, 1.82) is 10.5 Å². The molecule has 2 aromatic rings. The fourth-order valence-electron chi connectivity index (χ4n) is 2.21. The minimum Gasteiger partial charge on any atom is -0.332 e. The Balaban J connectivity index is 2.22. The number of halogens is 6. The van der Waals surface area contributed by atoms with Crippen molar-refractivity contribution < 1.29 is 26.3 Å². The zero-order valence-electron chi connectivity index (χ0n) is 13.5. The molecule has 0 aliphatic rings. The van der Waals surface area contributed by atoms with E-state index in [4.69, 9.17) is 22.7 Å². The minimum absolute atomic E-state index is 0.0340. The number of thiocarbonyl (C=S) groups is 1. The van der Waals surface area contributed by atoms with E-state index < -0.39 is 34.6 Å². The van der Waals surface area contributed by atoms with Gasteiger partial charge in [0.25, 0.3) is 0 Å². The molecule has 2 rings (SSSR count). The smallest absolute Gasteiger partial charge is 0.332 e. The molecule has 0 saturated heterocycles. The monoisotopic (exact) mass is 414 g/mol. The van der Waals surface area contributed by atoms with Crippen molar-refractivity contribution in [2.45, 2.75) is 12.4 Å². The molecule has 11 heteroatoms. The van der Waals surface area contributed by atoms with Crippen LogP contribution < -0.4 is 10.6 Å². The molecule has 4 nitrogen and oxygen atoms in total. The first-order chi connectivity index (χ1) is 13.0. The molecule has 0 radical (unpaired) electrons. The van der Waals surface area contributed by atoms with E-state index >= 15 is 0 Å². The molecular formula is C17H8F6N4S. The molecule has 0 atom stereocenters. The van der Waals surface area contributed by atoms with Gasteiger partial charge in [-0.15, -0.1) is 0 Å². The summed E-state index contributed by atoms with van der Waals surface area (Å²) in [4.78, 5) is 0. The summed E-state index contributed by atoms with van der Waals surface area (Å²) in [5.41, 5.74) is -3.55. The highest BCUT2D eigenvalue weighted by Crippen LogP contribution is 2.34. The quantitative estimate of drug-likeness (QED) is 0.517. The number of nitriles is 2. The summed E-state index contributed by atoms with van der Waals surface area (Å²) in [6.07, 6.45) is -9.47. The first kappa shape index (κ1) is 21.0. The summed E-state index contributed by atoms with van der Waals surface area (Å²) in [5.74, 6) is 0. The fraction of sp³-hybridized carbons (Fsp3) is 0.118. The predicted molar refractivity (Wildman–Crippen MR) is 92.2 cm³/mol. The average molecular weight is 414 g/mol. The Morgan fingerprint density at radius 1 is 0.750 bits per heavy atom. The number of benzene rings is 2. The molecule has 2 aromatic carbocycles. The van der Waals surface area contributed by atoms with Gasteiger partial charge >= 0.3 is 12.4 Å². The van der Waals surface area contributed by atoms with E-state index in [0.717, 1.165) is 18.2 Å². The van der Waals surface area contributed by atoms with Crippen LogP contribution in [-0.4, -0.2) is 5.11 Å². The molecule has 0 heterocycles. The molecule has 0 unspecified atom stereocenters. The van der Waals surface area contributed by atoms with Crippen LogP contribution in [0.2, 0.25) is 0 Å². The van der Waals surface area contributed by atoms with Crippen LogP contribution in [-0.2, 0) is 12.4 Å². The molecule has 0 spiro atoms. The minimum atomic E-state index is -4.76. The summed E-state index contributed by atoms with van der Waals surface area (Å²) < 4.78 is 77.3. The highest BCUT2D eigenvalue weighted by Gasteiger charge is 2.34. The lowest BCUT2D eigenvalue weighted by Gasteiger charge is -2.15. The second-order valence-corrected chi connectivity index (χ2v) is 5.73. The Labute approximate surface area is 160 Å². The van der Waals surface area contributed by atoms with E-state index in [1.807, 2.05) is 0 Å². The molecular weight excluding hydrogens is 406 g/mol. The van der Waals surface area contributed by atoms with Crippen LogP contribution in [0.25, 0.3) is 0 Å². The Hall–Kier alpha value is -3.31. The van der Waals surface area contributed by atoms with Gasteiger partial charge in [0.2, 0.25) is 0 Å². The zero-order chi connectivity index (χ0) is 21.1. The topological polar surface area (TPSA) is 71.6 Å². The molecule has 0 fully saturated rings. The SMILES string of the molecule is N#Cc1cc(NC(=S)Nc2ccc(C#N)c(C(F)(F)F)c2)ccc1C(F)(F)F. The zero-order valence-corrected chi connectivity index (χ0v) is 14.4. The Morgan fingerprint density at radius 3 is 1.75 bits per heavy atom. The Kier molecular flexibility index (Phi) is 5.81. The van der Waals surface area contributed by atoms with Crippen molar-refractivity contribution in [3.8, 4) is 12.1 Å². The van der Waals surface area contributed by atoms with Crippen LogP contribution >= 0.6 is 12.2 Å². The average Bonchev–Trinajstić information content (AvgIpc) is 2.59. The van der Waals surface area contributed by atoms with Gasteiger partial charge in [0.1, 0.15) is 0 Å². The molecule has 144 valence electrons. The summed E-state index contributed by atoms with van der Waals surface area (Å²) in [5, 5.41) is 22.3. The Bertz CT molecular complexity index is 999. The number of alkyl halides is 6. The van der Waals surface area contributed by atoms with Gasteiger partial charge in [-0.2, -0.15) is 36.9 Å². The molecule has 0 bridgehead atoms. The van der Waals surface area contributed by atoms with Crippen molar-refractivity contribution in [2.24, 2.45) is 0 Å². The van der Waals surface area contributed by atoms with E-state index in [1.54, 1.807) is 0 Å². The van der Waals surface area contributed by atoms with Gasteiger partial charge in [0.15, 0.2) is 5.11 Å². The molecule has 0 amide bonds. The first-order valence-electron chi connectivity index (χ1n) is 7.26. The van der Waals surface area contributed by atoms with E-state index in [2.05, 4.69) is 10.6 Å². The number of hydrogen-bond donors (Lipinski definition) is 2. The van der Waals surface area contributed by atoms with Crippen molar-refractivity contribution in [2.75, 3.05) is 10.6 Å². The maximum Gasteiger partial charge on any atom is 0.417 e. The maximum atomic E-state index is 13.0. The summed E-state index contributed by atoms with van der Waals surface area (Å²) in [7, 11) is 0. The van der Waals surface area contributed by atoms with Gasteiger partial charge in [0.05, 0.1) is 34.4 Å². The lowest BCUT2D eigenvalue weighted by atomic mass is 10.1. The third kappa shape index (κ3) is 4.90. The highest BCUT2D eigenvalue weighted by atomic mass is 32.1. The standard InChI is InChI=1S/C17H8F6N4S/c18-16(19,20)13-4-3-11(5-10(13)8-25)26-15(28)27-12-2-1-9(7-24)14(6-12)17(21,22)23/h1-6H,(H2,26,27,28). The number of rotatable bonds is 2. The fourth-order valence-corrected chi connectivity index (χ4v) is 2.44. The Morgan fingerprint density at radius 2 is 1.25 bits per heavy atom. The van der Waals surface area contributed by atoms with Crippen LogP contribution in [0, 0.1) is 22.7 Å². The number of nitrogens with one attached hydrogen (secondary N) is 2. The summed E-state index contributed by atoms with van der Waals surface area (Å²) in [6.45, 7) is 0.